The van der Waals surface area contributed by atoms with Gasteiger partial charge in [-0.05, 0) is 37.1 Å². The Kier molecular flexibility index (Phi) is 6.93. The number of rotatable bonds is 3. The predicted molar refractivity (Wildman–Crippen MR) is 112 cm³/mol. The van der Waals surface area contributed by atoms with Crippen molar-refractivity contribution in [1.82, 2.24) is 14.8 Å². The maximum atomic E-state index is 13.9. The molecule has 2 heterocycles. The molecule has 0 spiro atoms. The maximum absolute atomic E-state index is 13.9. The molecule has 1 aliphatic rings. The zero-order valence-corrected chi connectivity index (χ0v) is 16.5. The Labute approximate surface area is 170 Å². The average molecular weight is 392 g/mol. The number of nitriles is 1. The fourth-order valence-electron chi connectivity index (χ4n) is 3.29. The zero-order chi connectivity index (χ0) is 20.6. The number of nitrogens with zero attached hydrogens (tertiary/aromatic N) is 4. The van der Waals surface area contributed by atoms with Crippen LogP contribution in [0.25, 0.3) is 16.9 Å². The van der Waals surface area contributed by atoms with Crippen molar-refractivity contribution < 1.29 is 4.39 Å². The quantitative estimate of drug-likeness (QED) is 0.695. The van der Waals surface area contributed by atoms with Crippen molar-refractivity contribution in [3.63, 3.8) is 0 Å². The molecule has 0 saturated heterocycles. The molecule has 0 unspecified atom stereocenters. The van der Waals surface area contributed by atoms with Crippen LogP contribution in [0.2, 0.25) is 0 Å². The lowest BCUT2D eigenvalue weighted by Crippen LogP contribution is -2.22. The standard InChI is InChI=1S/C16H12FN5.C6H13N/c1-19-16-9-15(11-2-3-12(10-18)14(17)8-11)22(21-16)13-4-6-20-7-5-13;7-6-4-2-1-3-5-6/h2-9H,1H3,(H,19,21);6H,1-5,7H2. The summed E-state index contributed by atoms with van der Waals surface area (Å²) in [7, 11) is 1.77. The second-order valence-corrected chi connectivity index (χ2v) is 6.99. The van der Waals surface area contributed by atoms with Gasteiger partial charge in [-0.3, -0.25) is 4.98 Å². The minimum Gasteiger partial charge on any atom is -0.372 e. The van der Waals surface area contributed by atoms with E-state index in [1.54, 1.807) is 30.2 Å². The van der Waals surface area contributed by atoms with Gasteiger partial charge in [-0.1, -0.05) is 25.3 Å². The molecule has 150 valence electrons. The van der Waals surface area contributed by atoms with E-state index in [2.05, 4.69) is 15.4 Å². The van der Waals surface area contributed by atoms with E-state index >= 15 is 0 Å². The molecule has 7 heteroatoms. The molecule has 29 heavy (non-hydrogen) atoms. The Balaban J connectivity index is 0.000000290. The van der Waals surface area contributed by atoms with Gasteiger partial charge in [0.15, 0.2) is 0 Å². The number of hydrogen-bond donors (Lipinski definition) is 2. The van der Waals surface area contributed by atoms with E-state index in [4.69, 9.17) is 11.0 Å². The lowest BCUT2D eigenvalue weighted by Gasteiger charge is -2.15. The highest BCUT2D eigenvalue weighted by Crippen LogP contribution is 2.27. The third kappa shape index (κ3) is 5.18. The van der Waals surface area contributed by atoms with E-state index in [0.717, 1.165) is 11.4 Å². The Hall–Kier alpha value is -3.24. The van der Waals surface area contributed by atoms with Crippen molar-refractivity contribution in [2.45, 2.75) is 38.1 Å². The molecule has 0 aliphatic heterocycles. The first-order valence-corrected chi connectivity index (χ1v) is 9.76. The van der Waals surface area contributed by atoms with Crippen LogP contribution in [0.15, 0.2) is 48.8 Å². The topological polar surface area (TPSA) is 92.5 Å². The minimum absolute atomic E-state index is 0.0209. The summed E-state index contributed by atoms with van der Waals surface area (Å²) in [5.74, 6) is 0.116. The van der Waals surface area contributed by atoms with Gasteiger partial charge in [-0.15, -0.1) is 5.10 Å². The smallest absolute Gasteiger partial charge is 0.148 e. The molecule has 1 aliphatic carbocycles. The van der Waals surface area contributed by atoms with E-state index in [0.29, 0.717) is 17.4 Å². The monoisotopic (exact) mass is 392 g/mol. The minimum atomic E-state index is -0.548. The summed E-state index contributed by atoms with van der Waals surface area (Å²) in [5.41, 5.74) is 7.83. The summed E-state index contributed by atoms with van der Waals surface area (Å²) in [4.78, 5) is 3.98. The number of benzene rings is 1. The van der Waals surface area contributed by atoms with Gasteiger partial charge in [0.05, 0.1) is 16.9 Å². The van der Waals surface area contributed by atoms with Crippen LogP contribution < -0.4 is 11.1 Å². The summed E-state index contributed by atoms with van der Waals surface area (Å²) in [6.07, 6.45) is 9.99. The van der Waals surface area contributed by atoms with Crippen LogP contribution in [0.1, 0.15) is 37.7 Å². The van der Waals surface area contributed by atoms with Gasteiger partial charge < -0.3 is 11.1 Å². The van der Waals surface area contributed by atoms with Crippen molar-refractivity contribution >= 4 is 5.82 Å². The van der Waals surface area contributed by atoms with E-state index in [-0.39, 0.29) is 5.56 Å². The molecule has 6 nitrogen and oxygen atoms in total. The van der Waals surface area contributed by atoms with Crippen LogP contribution in [-0.2, 0) is 0 Å². The number of anilines is 1. The van der Waals surface area contributed by atoms with Gasteiger partial charge in [0.2, 0.25) is 0 Å². The largest absolute Gasteiger partial charge is 0.372 e. The Morgan fingerprint density at radius 1 is 1.14 bits per heavy atom. The average Bonchev–Trinajstić information content (AvgIpc) is 3.20. The lowest BCUT2D eigenvalue weighted by molar-refractivity contribution is 0.441. The van der Waals surface area contributed by atoms with Crippen LogP contribution in [0.3, 0.4) is 0 Å². The molecule has 3 aromatic rings. The molecule has 0 amide bonds. The molecule has 0 radical (unpaired) electrons. The second-order valence-electron chi connectivity index (χ2n) is 6.99. The molecule has 1 saturated carbocycles. The van der Waals surface area contributed by atoms with Crippen LogP contribution in [0, 0.1) is 17.1 Å². The highest BCUT2D eigenvalue weighted by Gasteiger charge is 2.13. The predicted octanol–water partition coefficient (Wildman–Crippen LogP) is 4.26. The molecule has 4 rings (SSSR count). The van der Waals surface area contributed by atoms with Crippen LogP contribution >= 0.6 is 0 Å². The zero-order valence-electron chi connectivity index (χ0n) is 16.5. The normalized spacial score (nSPS) is 13.9. The molecular weight excluding hydrogens is 367 g/mol. The third-order valence-electron chi connectivity index (χ3n) is 4.91. The van der Waals surface area contributed by atoms with Crippen molar-refractivity contribution in [2.75, 3.05) is 12.4 Å². The molecule has 0 atom stereocenters. The SMILES string of the molecule is CNc1cc(-c2ccc(C#N)c(F)c2)n(-c2ccncc2)n1.NC1CCCCC1. The van der Waals surface area contributed by atoms with Crippen molar-refractivity contribution in [2.24, 2.45) is 5.73 Å². The number of halogens is 1. The number of aromatic nitrogens is 3. The summed E-state index contributed by atoms with van der Waals surface area (Å²) in [5, 5.41) is 16.2. The van der Waals surface area contributed by atoms with E-state index in [1.807, 2.05) is 24.3 Å². The fraction of sp³-hybridized carbons (Fsp3) is 0.318. The lowest BCUT2D eigenvalue weighted by atomic mass is 9.97. The summed E-state index contributed by atoms with van der Waals surface area (Å²) in [6, 6.07) is 12.3. The molecule has 1 aromatic carbocycles. The first kappa shape index (κ1) is 20.5. The van der Waals surface area contributed by atoms with Gasteiger partial charge in [-0.2, -0.15) is 5.26 Å². The molecular formula is C22H25FN6. The van der Waals surface area contributed by atoms with Gasteiger partial charge in [0, 0.05) is 37.1 Å². The van der Waals surface area contributed by atoms with E-state index in [1.165, 1.54) is 44.2 Å². The van der Waals surface area contributed by atoms with Gasteiger partial charge >= 0.3 is 0 Å². The van der Waals surface area contributed by atoms with Crippen molar-refractivity contribution in [3.05, 3.63) is 60.2 Å². The molecule has 3 N–H and O–H groups in total. The Morgan fingerprint density at radius 2 is 1.86 bits per heavy atom. The number of hydrogen-bond acceptors (Lipinski definition) is 5. The van der Waals surface area contributed by atoms with Crippen LogP contribution in [0.4, 0.5) is 10.2 Å². The van der Waals surface area contributed by atoms with E-state index in [9.17, 15) is 4.39 Å². The Morgan fingerprint density at radius 3 is 2.41 bits per heavy atom. The molecule has 0 bridgehead atoms. The third-order valence-corrected chi connectivity index (χ3v) is 4.91. The summed E-state index contributed by atoms with van der Waals surface area (Å²) < 4.78 is 15.6. The van der Waals surface area contributed by atoms with Gasteiger partial charge in [0.1, 0.15) is 17.7 Å². The number of nitrogens with one attached hydrogen (secondary N) is 1. The van der Waals surface area contributed by atoms with Crippen LogP contribution in [0.5, 0.6) is 0 Å². The highest BCUT2D eigenvalue weighted by molar-refractivity contribution is 5.66. The highest BCUT2D eigenvalue weighted by atomic mass is 19.1. The second kappa shape index (κ2) is 9.80. The molecule has 2 aromatic heterocycles. The fourth-order valence-corrected chi connectivity index (χ4v) is 3.29. The van der Waals surface area contributed by atoms with Crippen molar-refractivity contribution in [3.8, 4) is 23.0 Å². The van der Waals surface area contributed by atoms with Gasteiger partial charge in [0.25, 0.3) is 0 Å². The number of pyridine rings is 1. The number of nitrogens with two attached hydrogens (primary N) is 1. The first-order chi connectivity index (χ1) is 14.1. The van der Waals surface area contributed by atoms with Crippen molar-refractivity contribution in [1.29, 1.82) is 5.26 Å². The van der Waals surface area contributed by atoms with E-state index < -0.39 is 5.82 Å². The van der Waals surface area contributed by atoms with Crippen LogP contribution in [-0.4, -0.2) is 27.9 Å². The van der Waals surface area contributed by atoms with Gasteiger partial charge in [-0.25, -0.2) is 9.07 Å². The molecule has 1 fully saturated rings. The summed E-state index contributed by atoms with van der Waals surface area (Å²) in [6.45, 7) is 0. The maximum Gasteiger partial charge on any atom is 0.148 e. The first-order valence-electron chi connectivity index (χ1n) is 9.76. The Bertz CT molecular complexity index is 971. The summed E-state index contributed by atoms with van der Waals surface area (Å²) >= 11 is 0.